The highest BCUT2D eigenvalue weighted by atomic mass is 16.6. The Balaban J connectivity index is 3.02. The van der Waals surface area contributed by atoms with Crippen LogP contribution in [0.3, 0.4) is 0 Å². The summed E-state index contributed by atoms with van der Waals surface area (Å²) in [5.74, 6) is -0.275. The van der Waals surface area contributed by atoms with Gasteiger partial charge in [0.2, 0.25) is 0 Å². The third-order valence-electron chi connectivity index (χ3n) is 3.22. The lowest BCUT2D eigenvalue weighted by Gasteiger charge is -2.10. The van der Waals surface area contributed by atoms with Gasteiger partial charge < -0.3 is 38.1 Å². The lowest BCUT2D eigenvalue weighted by molar-refractivity contribution is -0.141. The fourth-order valence-electron chi connectivity index (χ4n) is 1.71. The summed E-state index contributed by atoms with van der Waals surface area (Å²) in [5.41, 5.74) is 0. The molecule has 0 radical (unpaired) electrons. The highest BCUT2D eigenvalue weighted by Crippen LogP contribution is 1.88. The van der Waals surface area contributed by atoms with E-state index in [1.807, 2.05) is 14.1 Å². The van der Waals surface area contributed by atoms with Crippen molar-refractivity contribution in [3.8, 4) is 0 Å². The number of methoxy groups -OCH3 is 1. The van der Waals surface area contributed by atoms with Gasteiger partial charge in [0.25, 0.3) is 0 Å². The molecule has 0 unspecified atom stereocenters. The lowest BCUT2D eigenvalue weighted by Crippen LogP contribution is -2.19. The summed E-state index contributed by atoms with van der Waals surface area (Å²) < 4.78 is 36.7. The monoisotopic (exact) mass is 395 g/mol. The first kappa shape index (κ1) is 26.2. The number of carbonyl (C=O) groups is 1. The van der Waals surface area contributed by atoms with Crippen molar-refractivity contribution in [2.75, 3.05) is 107 Å². The molecule has 27 heavy (non-hydrogen) atoms. The Morgan fingerprint density at radius 2 is 0.926 bits per heavy atom. The van der Waals surface area contributed by atoms with Crippen LogP contribution in [0.1, 0.15) is 6.42 Å². The SMILES string of the molecule is COC(=O)CCOCCOCCOCCOCCOCCOCCN(C)C. The highest BCUT2D eigenvalue weighted by molar-refractivity contribution is 5.69. The first-order valence-electron chi connectivity index (χ1n) is 9.34. The van der Waals surface area contributed by atoms with Crippen LogP contribution >= 0.6 is 0 Å². The maximum Gasteiger partial charge on any atom is 0.307 e. The molecule has 9 nitrogen and oxygen atoms in total. The Morgan fingerprint density at radius 3 is 1.26 bits per heavy atom. The first-order chi connectivity index (χ1) is 13.2. The third kappa shape index (κ3) is 23.2. The van der Waals surface area contributed by atoms with Crippen molar-refractivity contribution in [1.29, 1.82) is 0 Å². The van der Waals surface area contributed by atoms with Crippen molar-refractivity contribution in [3.63, 3.8) is 0 Å². The standard InChI is InChI=1S/C18H37NO8/c1-19(2)5-7-23-9-11-25-13-15-27-17-16-26-14-12-24-10-8-22-6-4-18(20)21-3/h4-17H2,1-3H3. The van der Waals surface area contributed by atoms with Crippen LogP contribution in [0.25, 0.3) is 0 Å². The average Bonchev–Trinajstić information content (AvgIpc) is 2.65. The fraction of sp³-hybridized carbons (Fsp3) is 0.944. The summed E-state index contributed by atoms with van der Waals surface area (Å²) in [4.78, 5) is 12.9. The number of rotatable bonds is 21. The molecule has 0 amide bonds. The Bertz CT molecular complexity index is 318. The van der Waals surface area contributed by atoms with E-state index in [9.17, 15) is 4.79 Å². The molecule has 0 aliphatic heterocycles. The second kappa shape index (κ2) is 21.5. The minimum atomic E-state index is -0.275. The molecule has 0 aliphatic carbocycles. The molecule has 0 saturated carbocycles. The van der Waals surface area contributed by atoms with Crippen LogP contribution in [0.2, 0.25) is 0 Å². The van der Waals surface area contributed by atoms with Gasteiger partial charge in [-0.2, -0.15) is 0 Å². The van der Waals surface area contributed by atoms with Crippen LogP contribution in [0.15, 0.2) is 0 Å². The number of likely N-dealkylation sites (N-methyl/N-ethyl adjacent to an activating group) is 1. The summed E-state index contributed by atoms with van der Waals surface area (Å²) in [5, 5.41) is 0. The molecule has 0 bridgehead atoms. The van der Waals surface area contributed by atoms with Crippen LogP contribution in [-0.2, 0) is 38.0 Å². The largest absolute Gasteiger partial charge is 0.469 e. The zero-order valence-corrected chi connectivity index (χ0v) is 17.1. The van der Waals surface area contributed by atoms with E-state index in [0.29, 0.717) is 72.7 Å². The molecular weight excluding hydrogens is 358 g/mol. The van der Waals surface area contributed by atoms with Gasteiger partial charge in [-0.1, -0.05) is 0 Å². The van der Waals surface area contributed by atoms with E-state index in [-0.39, 0.29) is 12.4 Å². The topological polar surface area (TPSA) is 84.9 Å². The average molecular weight is 395 g/mol. The molecular formula is C18H37NO8. The molecule has 0 fully saturated rings. The van der Waals surface area contributed by atoms with E-state index in [1.54, 1.807) is 0 Å². The smallest absolute Gasteiger partial charge is 0.307 e. The molecule has 0 N–H and O–H groups in total. The summed E-state index contributed by atoms with van der Waals surface area (Å²) in [6, 6.07) is 0. The van der Waals surface area contributed by atoms with Crippen LogP contribution in [0, 0.1) is 0 Å². The maximum absolute atomic E-state index is 10.8. The highest BCUT2D eigenvalue weighted by Gasteiger charge is 1.99. The van der Waals surface area contributed by atoms with Gasteiger partial charge in [0.1, 0.15) is 0 Å². The Labute approximate surface area is 163 Å². The summed E-state index contributed by atoms with van der Waals surface area (Å²) in [7, 11) is 5.39. The van der Waals surface area contributed by atoms with Crippen molar-refractivity contribution >= 4 is 5.97 Å². The van der Waals surface area contributed by atoms with Crippen LogP contribution < -0.4 is 0 Å². The van der Waals surface area contributed by atoms with Crippen molar-refractivity contribution in [3.05, 3.63) is 0 Å². The van der Waals surface area contributed by atoms with Gasteiger partial charge in [-0.3, -0.25) is 4.79 Å². The molecule has 0 spiro atoms. The number of carbonyl (C=O) groups excluding carboxylic acids is 1. The molecule has 0 saturated heterocycles. The van der Waals surface area contributed by atoms with Crippen LogP contribution in [-0.4, -0.2) is 118 Å². The fourth-order valence-corrected chi connectivity index (χ4v) is 1.71. The van der Waals surface area contributed by atoms with E-state index in [1.165, 1.54) is 7.11 Å². The molecule has 0 aliphatic rings. The predicted octanol–water partition coefficient (Wildman–Crippen LogP) is 0.211. The van der Waals surface area contributed by atoms with Crippen LogP contribution in [0.4, 0.5) is 0 Å². The number of nitrogens with zero attached hydrogens (tertiary/aromatic N) is 1. The molecule has 0 aromatic carbocycles. The van der Waals surface area contributed by atoms with E-state index in [4.69, 9.17) is 28.4 Å². The zero-order chi connectivity index (χ0) is 20.0. The Kier molecular flexibility index (Phi) is 20.8. The van der Waals surface area contributed by atoms with Gasteiger partial charge >= 0.3 is 5.97 Å². The normalized spacial score (nSPS) is 11.3. The molecule has 0 atom stereocenters. The van der Waals surface area contributed by atoms with Crippen LogP contribution in [0.5, 0.6) is 0 Å². The molecule has 9 heteroatoms. The molecule has 0 rings (SSSR count). The Hall–Kier alpha value is -0.810. The molecule has 0 aromatic rings. The van der Waals surface area contributed by atoms with Gasteiger partial charge in [-0.15, -0.1) is 0 Å². The first-order valence-corrected chi connectivity index (χ1v) is 9.34. The summed E-state index contributed by atoms with van der Waals surface area (Å²) in [6.07, 6.45) is 0.259. The van der Waals surface area contributed by atoms with Crippen molar-refractivity contribution in [2.45, 2.75) is 6.42 Å². The molecule has 162 valence electrons. The minimum Gasteiger partial charge on any atom is -0.469 e. The number of ether oxygens (including phenoxy) is 7. The van der Waals surface area contributed by atoms with Crippen molar-refractivity contribution in [2.24, 2.45) is 0 Å². The van der Waals surface area contributed by atoms with Crippen molar-refractivity contribution in [1.82, 2.24) is 4.90 Å². The summed E-state index contributed by atoms with van der Waals surface area (Å²) in [6.45, 7) is 7.22. The van der Waals surface area contributed by atoms with Crippen molar-refractivity contribution < 1.29 is 38.0 Å². The minimum absolute atomic E-state index is 0.259. The predicted molar refractivity (Wildman–Crippen MR) is 100 cm³/mol. The number of hydrogen-bond donors (Lipinski definition) is 0. The number of hydrogen-bond acceptors (Lipinski definition) is 9. The van der Waals surface area contributed by atoms with Gasteiger partial charge in [0.15, 0.2) is 0 Å². The van der Waals surface area contributed by atoms with Gasteiger partial charge in [0, 0.05) is 6.54 Å². The van der Waals surface area contributed by atoms with E-state index in [0.717, 1.165) is 13.2 Å². The van der Waals surface area contributed by atoms with Gasteiger partial charge in [-0.25, -0.2) is 0 Å². The second-order valence-electron chi connectivity index (χ2n) is 5.80. The number of esters is 1. The Morgan fingerprint density at radius 1 is 0.593 bits per heavy atom. The second-order valence-corrected chi connectivity index (χ2v) is 5.80. The molecule has 0 heterocycles. The lowest BCUT2D eigenvalue weighted by atomic mass is 10.5. The quantitative estimate of drug-likeness (QED) is 0.200. The van der Waals surface area contributed by atoms with Gasteiger partial charge in [0.05, 0.1) is 92.8 Å². The van der Waals surface area contributed by atoms with E-state index < -0.39 is 0 Å². The summed E-state index contributed by atoms with van der Waals surface area (Å²) >= 11 is 0. The van der Waals surface area contributed by atoms with E-state index >= 15 is 0 Å². The van der Waals surface area contributed by atoms with E-state index in [2.05, 4.69) is 9.64 Å². The zero-order valence-electron chi connectivity index (χ0n) is 17.1. The molecule has 0 aromatic heterocycles. The maximum atomic E-state index is 10.8. The third-order valence-corrected chi connectivity index (χ3v) is 3.22. The van der Waals surface area contributed by atoms with Gasteiger partial charge in [-0.05, 0) is 14.1 Å².